The van der Waals surface area contributed by atoms with Crippen LogP contribution >= 0.6 is 0 Å². The molecule has 0 bridgehead atoms. The van der Waals surface area contributed by atoms with E-state index in [0.29, 0.717) is 11.5 Å². The summed E-state index contributed by atoms with van der Waals surface area (Å²) >= 11 is 0. The van der Waals surface area contributed by atoms with Gasteiger partial charge in [0.1, 0.15) is 0 Å². The quantitative estimate of drug-likeness (QED) is 0.372. The van der Waals surface area contributed by atoms with Gasteiger partial charge in [-0.15, -0.1) is 0 Å². The Morgan fingerprint density at radius 3 is 2.06 bits per heavy atom. The summed E-state index contributed by atoms with van der Waals surface area (Å²) in [6.07, 6.45) is 0. The molecule has 2 heterocycles. The second-order valence-electron chi connectivity index (χ2n) is 7.61. The molecule has 31 heavy (non-hydrogen) atoms. The van der Waals surface area contributed by atoms with Crippen LogP contribution in [-0.2, 0) is 0 Å². The van der Waals surface area contributed by atoms with E-state index in [1.54, 1.807) is 14.2 Å². The topological polar surface area (TPSA) is 49.2 Å². The second kappa shape index (κ2) is 7.43. The van der Waals surface area contributed by atoms with Gasteiger partial charge < -0.3 is 9.47 Å². The van der Waals surface area contributed by atoms with E-state index in [1.165, 1.54) is 5.56 Å². The van der Waals surface area contributed by atoms with Gasteiger partial charge in [0, 0.05) is 16.3 Å². The molecule has 0 unspecified atom stereocenters. The fourth-order valence-corrected chi connectivity index (χ4v) is 4.06. The van der Waals surface area contributed by atoms with E-state index < -0.39 is 0 Å². The smallest absolute Gasteiger partial charge is 0.164 e. The molecule has 0 aliphatic rings. The van der Waals surface area contributed by atoms with Crippen molar-refractivity contribution in [3.05, 3.63) is 78.0 Å². The van der Waals surface area contributed by atoms with Gasteiger partial charge in [0.25, 0.3) is 0 Å². The standard InChI is InChI=1S/C26H23N3O2/c1-16-10-12-18(13-11-16)25-21-15-23(31-4)22(30-3)14-20(21)24-17(2)28-29(26(24)27-25)19-8-6-5-7-9-19/h5-15H,1-4H3. The third kappa shape index (κ3) is 3.10. The van der Waals surface area contributed by atoms with Crippen LogP contribution in [0, 0.1) is 13.8 Å². The number of nitrogens with zero attached hydrogens (tertiary/aromatic N) is 3. The Labute approximate surface area is 180 Å². The number of aromatic nitrogens is 3. The molecule has 5 nitrogen and oxygen atoms in total. The molecule has 5 heteroatoms. The Bertz CT molecular complexity index is 1400. The highest BCUT2D eigenvalue weighted by molar-refractivity contribution is 6.12. The summed E-state index contributed by atoms with van der Waals surface area (Å²) in [5.74, 6) is 1.36. The highest BCUT2D eigenvalue weighted by Crippen LogP contribution is 2.40. The number of fused-ring (bicyclic) bond motifs is 3. The molecule has 0 atom stereocenters. The molecule has 0 aliphatic heterocycles. The lowest BCUT2D eigenvalue weighted by molar-refractivity contribution is 0.356. The van der Waals surface area contributed by atoms with Gasteiger partial charge in [-0.3, -0.25) is 0 Å². The Morgan fingerprint density at radius 2 is 1.42 bits per heavy atom. The summed E-state index contributed by atoms with van der Waals surface area (Å²) in [4.78, 5) is 5.14. The van der Waals surface area contributed by atoms with Crippen LogP contribution in [0.2, 0.25) is 0 Å². The van der Waals surface area contributed by atoms with Crippen LogP contribution in [-0.4, -0.2) is 29.0 Å². The summed E-state index contributed by atoms with van der Waals surface area (Å²) in [5.41, 5.74) is 5.85. The Hall–Kier alpha value is -3.86. The second-order valence-corrected chi connectivity index (χ2v) is 7.61. The van der Waals surface area contributed by atoms with Crippen molar-refractivity contribution in [2.24, 2.45) is 0 Å². The number of pyridine rings is 1. The predicted molar refractivity (Wildman–Crippen MR) is 124 cm³/mol. The lowest BCUT2D eigenvalue weighted by atomic mass is 9.99. The molecule has 0 saturated heterocycles. The zero-order chi connectivity index (χ0) is 21.5. The average molecular weight is 409 g/mol. The van der Waals surface area contributed by atoms with E-state index in [9.17, 15) is 0 Å². The summed E-state index contributed by atoms with van der Waals surface area (Å²) in [5, 5.41) is 7.89. The monoisotopic (exact) mass is 409 g/mol. The molecule has 0 aliphatic carbocycles. The summed E-state index contributed by atoms with van der Waals surface area (Å²) in [6.45, 7) is 4.10. The molecule has 0 fully saturated rings. The number of aryl methyl sites for hydroxylation is 2. The SMILES string of the molecule is COc1cc2c(-c3ccc(C)cc3)nc3c(c(C)nn3-c3ccccc3)c2cc1OC. The van der Waals surface area contributed by atoms with Crippen molar-refractivity contribution in [1.82, 2.24) is 14.8 Å². The number of methoxy groups -OCH3 is 2. The number of ether oxygens (including phenoxy) is 2. The molecule has 0 spiro atoms. The van der Waals surface area contributed by atoms with E-state index >= 15 is 0 Å². The van der Waals surface area contributed by atoms with Crippen molar-refractivity contribution < 1.29 is 9.47 Å². The third-order valence-corrected chi connectivity index (χ3v) is 5.63. The molecular formula is C26H23N3O2. The normalized spacial score (nSPS) is 11.2. The first kappa shape index (κ1) is 19.1. The molecule has 0 amide bonds. The largest absolute Gasteiger partial charge is 0.493 e. The van der Waals surface area contributed by atoms with Crippen LogP contribution in [0.4, 0.5) is 0 Å². The van der Waals surface area contributed by atoms with E-state index in [0.717, 1.165) is 44.4 Å². The minimum atomic E-state index is 0.678. The van der Waals surface area contributed by atoms with Gasteiger partial charge in [0.05, 0.1) is 36.7 Å². The lowest BCUT2D eigenvalue weighted by Gasteiger charge is -2.14. The molecule has 5 rings (SSSR count). The molecule has 0 radical (unpaired) electrons. The first-order valence-corrected chi connectivity index (χ1v) is 10.2. The Morgan fingerprint density at radius 1 is 0.774 bits per heavy atom. The lowest BCUT2D eigenvalue weighted by Crippen LogP contribution is -1.99. The van der Waals surface area contributed by atoms with Gasteiger partial charge in [-0.25, -0.2) is 9.67 Å². The van der Waals surface area contributed by atoms with Crippen molar-refractivity contribution in [3.63, 3.8) is 0 Å². The molecule has 5 aromatic rings. The Kier molecular flexibility index (Phi) is 4.59. The highest BCUT2D eigenvalue weighted by atomic mass is 16.5. The van der Waals surface area contributed by atoms with E-state index in [4.69, 9.17) is 19.6 Å². The van der Waals surface area contributed by atoms with E-state index in [2.05, 4.69) is 31.2 Å². The minimum Gasteiger partial charge on any atom is -0.493 e. The van der Waals surface area contributed by atoms with Crippen molar-refractivity contribution >= 4 is 21.8 Å². The van der Waals surface area contributed by atoms with Gasteiger partial charge in [-0.1, -0.05) is 48.0 Å². The zero-order valence-electron chi connectivity index (χ0n) is 18.0. The first-order chi connectivity index (χ1) is 15.1. The van der Waals surface area contributed by atoms with Crippen LogP contribution in [0.5, 0.6) is 11.5 Å². The first-order valence-electron chi connectivity index (χ1n) is 10.2. The van der Waals surface area contributed by atoms with E-state index in [1.807, 2.05) is 54.1 Å². The molecule has 154 valence electrons. The summed E-state index contributed by atoms with van der Waals surface area (Å²) in [7, 11) is 3.31. The minimum absolute atomic E-state index is 0.678. The number of benzene rings is 3. The molecule has 3 aromatic carbocycles. The number of hydrogen-bond donors (Lipinski definition) is 0. The maximum Gasteiger partial charge on any atom is 0.164 e. The molecule has 0 N–H and O–H groups in total. The van der Waals surface area contributed by atoms with Gasteiger partial charge in [-0.2, -0.15) is 5.10 Å². The molecule has 0 saturated carbocycles. The maximum atomic E-state index is 5.61. The van der Waals surface area contributed by atoms with Gasteiger partial charge in [0.15, 0.2) is 17.1 Å². The molecule has 2 aromatic heterocycles. The van der Waals surface area contributed by atoms with Crippen LogP contribution in [0.15, 0.2) is 66.7 Å². The van der Waals surface area contributed by atoms with Gasteiger partial charge in [-0.05, 0) is 38.1 Å². The average Bonchev–Trinajstić information content (AvgIpc) is 3.15. The van der Waals surface area contributed by atoms with Gasteiger partial charge in [0.2, 0.25) is 0 Å². The number of para-hydroxylation sites is 1. The summed E-state index contributed by atoms with van der Waals surface area (Å²) < 4.78 is 13.1. The van der Waals surface area contributed by atoms with Crippen LogP contribution in [0.25, 0.3) is 38.8 Å². The fraction of sp³-hybridized carbons (Fsp3) is 0.154. The Balaban J connectivity index is 1.94. The number of hydrogen-bond acceptors (Lipinski definition) is 4. The van der Waals surface area contributed by atoms with Crippen LogP contribution in [0.3, 0.4) is 0 Å². The van der Waals surface area contributed by atoms with Crippen molar-refractivity contribution in [2.45, 2.75) is 13.8 Å². The van der Waals surface area contributed by atoms with Crippen LogP contribution < -0.4 is 9.47 Å². The predicted octanol–water partition coefficient (Wildman–Crippen LogP) is 5.87. The molecular weight excluding hydrogens is 386 g/mol. The van der Waals surface area contributed by atoms with Crippen molar-refractivity contribution in [1.29, 1.82) is 0 Å². The van der Waals surface area contributed by atoms with Crippen LogP contribution in [0.1, 0.15) is 11.3 Å². The fourth-order valence-electron chi connectivity index (χ4n) is 4.06. The van der Waals surface area contributed by atoms with Crippen molar-refractivity contribution in [3.8, 4) is 28.4 Å². The third-order valence-electron chi connectivity index (χ3n) is 5.63. The zero-order valence-corrected chi connectivity index (χ0v) is 18.0. The van der Waals surface area contributed by atoms with Gasteiger partial charge >= 0.3 is 0 Å². The maximum absolute atomic E-state index is 5.61. The number of rotatable bonds is 4. The van der Waals surface area contributed by atoms with E-state index in [-0.39, 0.29) is 0 Å². The highest BCUT2D eigenvalue weighted by Gasteiger charge is 2.20. The van der Waals surface area contributed by atoms with Crippen molar-refractivity contribution in [2.75, 3.05) is 14.2 Å². The summed E-state index contributed by atoms with van der Waals surface area (Å²) in [6, 6.07) is 22.6.